The first-order chi connectivity index (χ1) is 9.85. The fourth-order valence-electron chi connectivity index (χ4n) is 3.70. The maximum Gasteiger partial charge on any atom is 0.165 e. The van der Waals surface area contributed by atoms with E-state index in [9.17, 15) is 4.79 Å². The van der Waals surface area contributed by atoms with E-state index >= 15 is 0 Å². The number of likely N-dealkylation sites (N-methyl/N-ethyl adjacent to an activating group) is 2. The molecule has 1 fully saturated rings. The van der Waals surface area contributed by atoms with E-state index in [-0.39, 0.29) is 5.41 Å². The second kappa shape index (κ2) is 5.25. The Kier molecular flexibility index (Phi) is 3.70. The van der Waals surface area contributed by atoms with Gasteiger partial charge in [0, 0.05) is 56.1 Å². The van der Waals surface area contributed by atoms with Crippen molar-refractivity contribution in [3.63, 3.8) is 0 Å². The third kappa shape index (κ3) is 2.92. The fourth-order valence-corrected chi connectivity index (χ4v) is 3.70. The average molecular weight is 289 g/mol. The summed E-state index contributed by atoms with van der Waals surface area (Å²) in [6.45, 7) is 8.75. The summed E-state index contributed by atoms with van der Waals surface area (Å²) >= 11 is 0. The van der Waals surface area contributed by atoms with Crippen molar-refractivity contribution in [2.45, 2.75) is 39.3 Å². The van der Waals surface area contributed by atoms with Crippen molar-refractivity contribution < 1.29 is 4.79 Å². The van der Waals surface area contributed by atoms with Crippen LogP contribution in [-0.2, 0) is 13.0 Å². The topological polar surface area (TPSA) is 28.5 Å². The predicted molar refractivity (Wildman–Crippen MR) is 84.8 cm³/mol. The maximum absolute atomic E-state index is 12.3. The summed E-state index contributed by atoms with van der Waals surface area (Å²) < 4.78 is 2.33. The Morgan fingerprint density at radius 2 is 2.00 bits per heavy atom. The molecule has 0 aromatic carbocycles. The van der Waals surface area contributed by atoms with E-state index in [1.807, 2.05) is 6.07 Å². The molecule has 0 bridgehead atoms. The lowest BCUT2D eigenvalue weighted by atomic mass is 9.76. The zero-order valence-corrected chi connectivity index (χ0v) is 13.7. The summed E-state index contributed by atoms with van der Waals surface area (Å²) in [4.78, 5) is 17.1. The molecule has 116 valence electrons. The Morgan fingerprint density at radius 1 is 1.24 bits per heavy atom. The first-order valence-electron chi connectivity index (χ1n) is 7.96. The number of hydrogen-bond donors (Lipinski definition) is 0. The number of ketones is 1. The van der Waals surface area contributed by atoms with Crippen LogP contribution in [-0.4, -0.2) is 59.9 Å². The molecule has 4 heteroatoms. The van der Waals surface area contributed by atoms with Crippen LogP contribution >= 0.6 is 0 Å². The summed E-state index contributed by atoms with van der Waals surface area (Å²) in [5.41, 5.74) is 2.30. The minimum atomic E-state index is 0.0927. The van der Waals surface area contributed by atoms with Crippen LogP contribution in [0.2, 0.25) is 0 Å². The largest absolute Gasteiger partial charge is 0.349 e. The molecule has 1 atom stereocenters. The fraction of sp³-hybridized carbons (Fsp3) is 0.706. The van der Waals surface area contributed by atoms with E-state index in [0.29, 0.717) is 18.2 Å². The van der Waals surface area contributed by atoms with Crippen LogP contribution in [0, 0.1) is 5.41 Å². The van der Waals surface area contributed by atoms with Gasteiger partial charge in [-0.05, 0) is 32.0 Å². The van der Waals surface area contributed by atoms with E-state index in [1.165, 1.54) is 5.69 Å². The van der Waals surface area contributed by atoms with Gasteiger partial charge in [-0.3, -0.25) is 9.69 Å². The smallest absolute Gasteiger partial charge is 0.165 e. The average Bonchev–Trinajstić information content (AvgIpc) is 2.76. The summed E-state index contributed by atoms with van der Waals surface area (Å²) in [7, 11) is 4.40. The Hall–Kier alpha value is -1.13. The molecule has 4 nitrogen and oxygen atoms in total. The molecule has 0 saturated carbocycles. The highest BCUT2D eigenvalue weighted by Crippen LogP contribution is 2.35. The molecule has 1 aromatic rings. The van der Waals surface area contributed by atoms with Crippen LogP contribution in [0.15, 0.2) is 12.3 Å². The van der Waals surface area contributed by atoms with Crippen LogP contribution < -0.4 is 0 Å². The third-order valence-electron chi connectivity index (χ3n) is 5.05. The van der Waals surface area contributed by atoms with Crippen LogP contribution in [0.3, 0.4) is 0 Å². The first kappa shape index (κ1) is 14.8. The molecule has 0 radical (unpaired) electrons. The van der Waals surface area contributed by atoms with Crippen molar-refractivity contribution >= 4 is 5.78 Å². The van der Waals surface area contributed by atoms with Crippen LogP contribution in [0.1, 0.15) is 36.3 Å². The standard InChI is InChI=1S/C17H27N3O/c1-17(2)9-15-14(16(21)10-17)5-6-20(15)12-13-11-18(3)7-8-19(13)4/h5-6,13H,7-12H2,1-4H3. The Labute approximate surface area is 127 Å². The van der Waals surface area contributed by atoms with Crippen LogP contribution in [0.25, 0.3) is 0 Å². The molecule has 1 aromatic heterocycles. The Bertz CT molecular complexity index is 546. The van der Waals surface area contributed by atoms with E-state index in [0.717, 1.165) is 38.2 Å². The number of fused-ring (bicyclic) bond motifs is 1. The summed E-state index contributed by atoms with van der Waals surface area (Å²) in [6.07, 6.45) is 3.80. The molecule has 0 spiro atoms. The van der Waals surface area contributed by atoms with Crippen molar-refractivity contribution in [2.24, 2.45) is 5.41 Å². The molecular formula is C17H27N3O. The number of carbonyl (C=O) groups is 1. The van der Waals surface area contributed by atoms with Gasteiger partial charge in [0.05, 0.1) is 0 Å². The van der Waals surface area contributed by atoms with Gasteiger partial charge in [0.2, 0.25) is 0 Å². The van der Waals surface area contributed by atoms with Gasteiger partial charge in [-0.15, -0.1) is 0 Å². The second-order valence-electron chi connectivity index (χ2n) is 7.67. The molecule has 21 heavy (non-hydrogen) atoms. The predicted octanol–water partition coefficient (Wildman–Crippen LogP) is 1.89. The molecule has 2 heterocycles. The molecule has 1 saturated heterocycles. The molecule has 0 N–H and O–H groups in total. The number of aromatic nitrogens is 1. The van der Waals surface area contributed by atoms with Crippen molar-refractivity contribution in [2.75, 3.05) is 33.7 Å². The van der Waals surface area contributed by atoms with Gasteiger partial charge in [0.1, 0.15) is 0 Å². The molecule has 2 aliphatic rings. The Morgan fingerprint density at radius 3 is 2.76 bits per heavy atom. The molecule has 3 rings (SSSR count). The van der Waals surface area contributed by atoms with Crippen molar-refractivity contribution in [3.8, 4) is 0 Å². The highest BCUT2D eigenvalue weighted by Gasteiger charge is 2.33. The van der Waals surface area contributed by atoms with Gasteiger partial charge in [0.15, 0.2) is 5.78 Å². The van der Waals surface area contributed by atoms with Gasteiger partial charge in [0.25, 0.3) is 0 Å². The number of carbonyl (C=O) groups excluding carboxylic acids is 1. The van der Waals surface area contributed by atoms with Gasteiger partial charge >= 0.3 is 0 Å². The van der Waals surface area contributed by atoms with E-state index in [1.54, 1.807) is 0 Å². The van der Waals surface area contributed by atoms with Gasteiger partial charge < -0.3 is 9.47 Å². The number of hydrogen-bond acceptors (Lipinski definition) is 3. The molecule has 1 aliphatic heterocycles. The molecular weight excluding hydrogens is 262 g/mol. The maximum atomic E-state index is 12.3. The van der Waals surface area contributed by atoms with Crippen molar-refractivity contribution in [3.05, 3.63) is 23.5 Å². The SMILES string of the molecule is CN1CCN(C)C(Cn2ccc3c2CC(C)(C)CC3=O)C1. The van der Waals surface area contributed by atoms with E-state index in [4.69, 9.17) is 0 Å². The van der Waals surface area contributed by atoms with E-state index in [2.05, 4.69) is 48.5 Å². The number of piperazine rings is 1. The molecule has 1 aliphatic carbocycles. The second-order valence-corrected chi connectivity index (χ2v) is 7.67. The van der Waals surface area contributed by atoms with Gasteiger partial charge in [-0.25, -0.2) is 0 Å². The lowest BCUT2D eigenvalue weighted by Gasteiger charge is -2.38. The van der Waals surface area contributed by atoms with Gasteiger partial charge in [-0.2, -0.15) is 0 Å². The normalized spacial score (nSPS) is 26.9. The number of nitrogens with zero attached hydrogens (tertiary/aromatic N) is 3. The van der Waals surface area contributed by atoms with Gasteiger partial charge in [-0.1, -0.05) is 13.8 Å². The Balaban J connectivity index is 1.83. The minimum Gasteiger partial charge on any atom is -0.349 e. The quantitative estimate of drug-likeness (QED) is 0.832. The lowest BCUT2D eigenvalue weighted by Crippen LogP contribution is -2.51. The first-order valence-corrected chi connectivity index (χ1v) is 7.96. The summed E-state index contributed by atoms with van der Waals surface area (Å²) in [5.74, 6) is 0.314. The molecule has 0 amide bonds. The van der Waals surface area contributed by atoms with Crippen LogP contribution in [0.5, 0.6) is 0 Å². The number of Topliss-reactive ketones (excluding diaryl/α,β-unsaturated/α-hetero) is 1. The third-order valence-corrected chi connectivity index (χ3v) is 5.05. The summed E-state index contributed by atoms with van der Waals surface area (Å²) in [5, 5.41) is 0. The van der Waals surface area contributed by atoms with Crippen molar-refractivity contribution in [1.29, 1.82) is 0 Å². The zero-order chi connectivity index (χ0) is 15.2. The lowest BCUT2D eigenvalue weighted by molar-refractivity contribution is 0.0900. The highest BCUT2D eigenvalue weighted by molar-refractivity contribution is 5.98. The number of rotatable bonds is 2. The highest BCUT2D eigenvalue weighted by atomic mass is 16.1. The van der Waals surface area contributed by atoms with Crippen molar-refractivity contribution in [1.82, 2.24) is 14.4 Å². The molecule has 1 unspecified atom stereocenters. The zero-order valence-electron chi connectivity index (χ0n) is 13.7. The summed E-state index contributed by atoms with van der Waals surface area (Å²) in [6, 6.07) is 2.56. The minimum absolute atomic E-state index is 0.0927. The van der Waals surface area contributed by atoms with E-state index < -0.39 is 0 Å². The monoisotopic (exact) mass is 289 g/mol. The van der Waals surface area contributed by atoms with Crippen LogP contribution in [0.4, 0.5) is 0 Å².